The van der Waals surface area contributed by atoms with Crippen molar-refractivity contribution < 1.29 is 19.4 Å². The Morgan fingerprint density at radius 1 is 1.33 bits per heavy atom. The average molecular weight is 217 g/mol. The molecule has 2 N–H and O–H groups in total. The molecule has 0 spiro atoms. The van der Waals surface area contributed by atoms with Gasteiger partial charge in [0.05, 0.1) is 7.11 Å². The van der Waals surface area contributed by atoms with Crippen molar-refractivity contribution in [2.75, 3.05) is 7.11 Å². The van der Waals surface area contributed by atoms with Gasteiger partial charge in [-0.3, -0.25) is 14.9 Å². The number of carboxylic acid groups (broad SMARTS) is 1. The van der Waals surface area contributed by atoms with Gasteiger partial charge in [-0.2, -0.15) is 0 Å². The number of esters is 1. The number of hydrogen-bond acceptors (Lipinski definition) is 4. The number of methoxy groups -OCH3 is 1. The molecule has 0 aliphatic rings. The maximum absolute atomic E-state index is 11.3. The second-order valence-electron chi connectivity index (χ2n) is 3.93. The maximum Gasteiger partial charge on any atom is 0.322 e. The van der Waals surface area contributed by atoms with Crippen molar-refractivity contribution in [2.45, 2.75) is 39.3 Å². The molecule has 15 heavy (non-hydrogen) atoms. The van der Waals surface area contributed by atoms with Gasteiger partial charge in [-0.05, 0) is 19.3 Å². The molecule has 0 amide bonds. The van der Waals surface area contributed by atoms with Crippen molar-refractivity contribution in [3.8, 4) is 0 Å². The molecule has 0 aromatic carbocycles. The number of carbonyl (C=O) groups excluding carboxylic acids is 1. The molecule has 2 unspecified atom stereocenters. The van der Waals surface area contributed by atoms with Crippen LogP contribution in [0.3, 0.4) is 0 Å². The van der Waals surface area contributed by atoms with E-state index in [1.807, 2.05) is 13.8 Å². The summed E-state index contributed by atoms with van der Waals surface area (Å²) in [5.41, 5.74) is 0. The molecule has 2 atom stereocenters. The van der Waals surface area contributed by atoms with Gasteiger partial charge in [-0.15, -0.1) is 0 Å². The van der Waals surface area contributed by atoms with Crippen LogP contribution in [0.5, 0.6) is 0 Å². The van der Waals surface area contributed by atoms with Gasteiger partial charge in [0.25, 0.3) is 0 Å². The van der Waals surface area contributed by atoms with E-state index in [4.69, 9.17) is 5.11 Å². The second-order valence-corrected chi connectivity index (χ2v) is 3.93. The summed E-state index contributed by atoms with van der Waals surface area (Å²) in [6.45, 7) is 5.42. The van der Waals surface area contributed by atoms with E-state index in [0.29, 0.717) is 12.3 Å². The zero-order valence-electron chi connectivity index (χ0n) is 9.61. The van der Waals surface area contributed by atoms with Gasteiger partial charge in [0.15, 0.2) is 0 Å². The Balaban J connectivity index is 4.36. The van der Waals surface area contributed by atoms with Crippen molar-refractivity contribution >= 4 is 11.9 Å². The quantitative estimate of drug-likeness (QED) is 0.638. The standard InChI is InChI=1S/C10H19NO4/c1-6(2)5-8(10(14)15-4)11-7(3)9(12)13/h6-8,11H,5H2,1-4H3,(H,12,13). The van der Waals surface area contributed by atoms with Crippen molar-refractivity contribution in [1.29, 1.82) is 0 Å². The van der Waals surface area contributed by atoms with Crippen molar-refractivity contribution in [2.24, 2.45) is 5.92 Å². The van der Waals surface area contributed by atoms with E-state index in [1.165, 1.54) is 14.0 Å². The van der Waals surface area contributed by atoms with Crippen LogP contribution in [0, 0.1) is 5.92 Å². The molecule has 0 saturated carbocycles. The van der Waals surface area contributed by atoms with Crippen LogP contribution in [0.15, 0.2) is 0 Å². The van der Waals surface area contributed by atoms with E-state index in [1.54, 1.807) is 0 Å². The Kier molecular flexibility index (Phi) is 5.93. The molecule has 0 aromatic heterocycles. The van der Waals surface area contributed by atoms with E-state index >= 15 is 0 Å². The summed E-state index contributed by atoms with van der Waals surface area (Å²) < 4.78 is 4.60. The number of ether oxygens (including phenoxy) is 1. The molecular formula is C10H19NO4. The lowest BCUT2D eigenvalue weighted by Gasteiger charge is -2.20. The van der Waals surface area contributed by atoms with Crippen molar-refractivity contribution in [3.63, 3.8) is 0 Å². The SMILES string of the molecule is COC(=O)C(CC(C)C)NC(C)C(=O)O. The zero-order chi connectivity index (χ0) is 12.0. The Morgan fingerprint density at radius 3 is 2.20 bits per heavy atom. The van der Waals surface area contributed by atoms with Gasteiger partial charge in [0.1, 0.15) is 12.1 Å². The summed E-state index contributed by atoms with van der Waals surface area (Å²) in [6.07, 6.45) is 0.560. The fourth-order valence-corrected chi connectivity index (χ4v) is 1.22. The summed E-state index contributed by atoms with van der Waals surface area (Å²) >= 11 is 0. The summed E-state index contributed by atoms with van der Waals surface area (Å²) in [5, 5.41) is 11.4. The third-order valence-corrected chi connectivity index (χ3v) is 2.01. The highest BCUT2D eigenvalue weighted by Gasteiger charge is 2.24. The molecule has 88 valence electrons. The molecule has 0 radical (unpaired) electrons. The minimum absolute atomic E-state index is 0.294. The Morgan fingerprint density at radius 2 is 1.87 bits per heavy atom. The largest absolute Gasteiger partial charge is 0.480 e. The van der Waals surface area contributed by atoms with Crippen LogP contribution >= 0.6 is 0 Å². The maximum atomic E-state index is 11.3. The highest BCUT2D eigenvalue weighted by Crippen LogP contribution is 2.07. The van der Waals surface area contributed by atoms with Crippen molar-refractivity contribution in [1.82, 2.24) is 5.32 Å². The molecule has 5 nitrogen and oxygen atoms in total. The molecule has 0 aliphatic heterocycles. The molecule has 5 heteroatoms. The lowest BCUT2D eigenvalue weighted by atomic mass is 10.0. The molecule has 0 aromatic rings. The molecule has 0 heterocycles. The zero-order valence-corrected chi connectivity index (χ0v) is 9.61. The normalized spacial score (nSPS) is 14.7. The summed E-state index contributed by atoms with van der Waals surface area (Å²) in [5.74, 6) is -1.10. The Hall–Kier alpha value is -1.10. The summed E-state index contributed by atoms with van der Waals surface area (Å²) in [6, 6.07) is -1.31. The molecule has 0 rings (SSSR count). The second kappa shape index (κ2) is 6.40. The molecular weight excluding hydrogens is 198 g/mol. The number of carboxylic acids is 1. The Labute approximate surface area is 89.8 Å². The molecule has 0 fully saturated rings. The van der Waals surface area contributed by atoms with E-state index in [2.05, 4.69) is 10.1 Å². The number of nitrogens with one attached hydrogen (secondary N) is 1. The third kappa shape index (κ3) is 5.37. The number of rotatable bonds is 6. The predicted molar refractivity (Wildman–Crippen MR) is 55.5 cm³/mol. The van der Waals surface area contributed by atoms with Crippen molar-refractivity contribution in [3.05, 3.63) is 0 Å². The van der Waals surface area contributed by atoms with Crippen LogP contribution < -0.4 is 5.32 Å². The van der Waals surface area contributed by atoms with E-state index in [-0.39, 0.29) is 0 Å². The monoisotopic (exact) mass is 217 g/mol. The van der Waals surface area contributed by atoms with Gasteiger partial charge in [-0.1, -0.05) is 13.8 Å². The minimum atomic E-state index is -0.979. The lowest BCUT2D eigenvalue weighted by Crippen LogP contribution is -2.46. The Bertz CT molecular complexity index is 227. The molecule has 0 aliphatic carbocycles. The third-order valence-electron chi connectivity index (χ3n) is 2.01. The van der Waals surface area contributed by atoms with E-state index in [0.717, 1.165) is 0 Å². The van der Waals surface area contributed by atoms with E-state index < -0.39 is 24.0 Å². The predicted octanol–water partition coefficient (Wildman–Crippen LogP) is 0.637. The molecule has 0 bridgehead atoms. The van der Waals surface area contributed by atoms with E-state index in [9.17, 15) is 9.59 Å². The topological polar surface area (TPSA) is 75.6 Å². The van der Waals surface area contributed by atoms with Crippen LogP contribution in [0.2, 0.25) is 0 Å². The first kappa shape index (κ1) is 13.9. The fraction of sp³-hybridized carbons (Fsp3) is 0.800. The number of hydrogen-bond donors (Lipinski definition) is 2. The lowest BCUT2D eigenvalue weighted by molar-refractivity contribution is -0.145. The van der Waals surface area contributed by atoms with Crippen LogP contribution in [0.25, 0.3) is 0 Å². The summed E-state index contributed by atoms with van der Waals surface area (Å²) in [7, 11) is 1.29. The first-order valence-corrected chi connectivity index (χ1v) is 4.95. The smallest absolute Gasteiger partial charge is 0.322 e. The first-order chi connectivity index (χ1) is 6.88. The van der Waals surface area contributed by atoms with Gasteiger partial charge in [0.2, 0.25) is 0 Å². The van der Waals surface area contributed by atoms with Gasteiger partial charge < -0.3 is 9.84 Å². The first-order valence-electron chi connectivity index (χ1n) is 4.95. The van der Waals surface area contributed by atoms with Gasteiger partial charge in [-0.25, -0.2) is 0 Å². The highest BCUT2D eigenvalue weighted by molar-refractivity contribution is 5.78. The van der Waals surface area contributed by atoms with Gasteiger partial charge in [0, 0.05) is 0 Å². The average Bonchev–Trinajstić information content (AvgIpc) is 2.14. The van der Waals surface area contributed by atoms with Crippen LogP contribution in [0.1, 0.15) is 27.2 Å². The number of carbonyl (C=O) groups is 2. The number of aliphatic carboxylic acids is 1. The van der Waals surface area contributed by atoms with Crippen LogP contribution in [0.4, 0.5) is 0 Å². The summed E-state index contributed by atoms with van der Waals surface area (Å²) in [4.78, 5) is 21.9. The van der Waals surface area contributed by atoms with Gasteiger partial charge >= 0.3 is 11.9 Å². The minimum Gasteiger partial charge on any atom is -0.480 e. The van der Waals surface area contributed by atoms with Crippen LogP contribution in [-0.4, -0.2) is 36.2 Å². The molecule has 0 saturated heterocycles. The van der Waals surface area contributed by atoms with Crippen LogP contribution in [-0.2, 0) is 14.3 Å². The highest BCUT2D eigenvalue weighted by atomic mass is 16.5. The fourth-order valence-electron chi connectivity index (χ4n) is 1.22.